The van der Waals surface area contributed by atoms with Gasteiger partial charge in [0.15, 0.2) is 11.2 Å². The standard InChI is InChI=1S/C24H23ClN6O2/c1-15-6-2-3-10-19(15)24(33)30-11-5-8-17(14-30)21-26-22-20(23(32)27-21)28-29-31(22)13-16-7-4-9-18(25)12-16/h2-4,6-7,9-10,12,17H,5,8,11,13-14H2,1H3,(H,26,27,32). The van der Waals surface area contributed by atoms with E-state index < -0.39 is 0 Å². The van der Waals surface area contributed by atoms with Crippen molar-refractivity contribution < 1.29 is 4.79 Å². The Morgan fingerprint density at radius 3 is 2.88 bits per heavy atom. The quantitative estimate of drug-likeness (QED) is 0.500. The third-order valence-electron chi connectivity index (χ3n) is 6.08. The molecule has 1 atom stereocenters. The SMILES string of the molecule is Cc1ccccc1C(=O)N1CCCC(c2nc3c(nnn3Cc3cccc(Cl)c3)c(=O)[nH]2)C1. The van der Waals surface area contributed by atoms with Crippen molar-refractivity contribution in [3.63, 3.8) is 0 Å². The highest BCUT2D eigenvalue weighted by molar-refractivity contribution is 6.30. The summed E-state index contributed by atoms with van der Waals surface area (Å²) in [4.78, 5) is 35.3. The molecule has 0 radical (unpaired) electrons. The number of rotatable bonds is 4. The Morgan fingerprint density at radius 1 is 1.21 bits per heavy atom. The Balaban J connectivity index is 1.44. The summed E-state index contributed by atoms with van der Waals surface area (Å²) in [6.07, 6.45) is 1.67. The number of aromatic amines is 1. The zero-order valence-electron chi connectivity index (χ0n) is 18.2. The van der Waals surface area contributed by atoms with Gasteiger partial charge in [-0.3, -0.25) is 9.59 Å². The highest BCUT2D eigenvalue weighted by Crippen LogP contribution is 2.26. The Hall–Kier alpha value is -3.52. The third-order valence-corrected chi connectivity index (χ3v) is 6.32. The lowest BCUT2D eigenvalue weighted by Gasteiger charge is -2.32. The summed E-state index contributed by atoms with van der Waals surface area (Å²) >= 11 is 6.10. The number of aryl methyl sites for hydroxylation is 1. The number of amides is 1. The molecule has 33 heavy (non-hydrogen) atoms. The maximum atomic E-state index is 13.1. The van der Waals surface area contributed by atoms with Crippen LogP contribution in [-0.2, 0) is 6.54 Å². The second-order valence-electron chi connectivity index (χ2n) is 8.41. The van der Waals surface area contributed by atoms with Crippen LogP contribution in [0.1, 0.15) is 46.1 Å². The number of hydrogen-bond acceptors (Lipinski definition) is 5. The van der Waals surface area contributed by atoms with E-state index in [2.05, 4.69) is 15.3 Å². The fraction of sp³-hybridized carbons (Fsp3) is 0.292. The number of aromatic nitrogens is 5. The summed E-state index contributed by atoms with van der Waals surface area (Å²) in [5.74, 6) is 0.497. The van der Waals surface area contributed by atoms with Crippen molar-refractivity contribution in [2.24, 2.45) is 0 Å². The van der Waals surface area contributed by atoms with Crippen LogP contribution in [0, 0.1) is 6.92 Å². The van der Waals surface area contributed by atoms with Crippen LogP contribution >= 0.6 is 11.6 Å². The Bertz CT molecular complexity index is 1400. The fourth-order valence-corrected chi connectivity index (χ4v) is 4.57. The van der Waals surface area contributed by atoms with Gasteiger partial charge in [-0.1, -0.05) is 47.1 Å². The Kier molecular flexibility index (Phi) is 5.68. The summed E-state index contributed by atoms with van der Waals surface area (Å²) in [6.45, 7) is 3.52. The molecular formula is C24H23ClN6O2. The molecule has 0 aliphatic carbocycles. The van der Waals surface area contributed by atoms with E-state index in [9.17, 15) is 9.59 Å². The molecule has 1 unspecified atom stereocenters. The van der Waals surface area contributed by atoms with Crippen LogP contribution in [-0.4, -0.2) is 48.9 Å². The summed E-state index contributed by atoms with van der Waals surface area (Å²) in [7, 11) is 0. The normalized spacial score (nSPS) is 16.3. The molecular weight excluding hydrogens is 440 g/mol. The van der Waals surface area contributed by atoms with Crippen LogP contribution < -0.4 is 5.56 Å². The first-order valence-electron chi connectivity index (χ1n) is 10.9. The zero-order valence-corrected chi connectivity index (χ0v) is 18.9. The average molecular weight is 463 g/mol. The van der Waals surface area contributed by atoms with Gasteiger partial charge in [0.2, 0.25) is 0 Å². The molecule has 4 aromatic rings. The topological polar surface area (TPSA) is 96.8 Å². The second-order valence-corrected chi connectivity index (χ2v) is 8.84. The van der Waals surface area contributed by atoms with Gasteiger partial charge in [0.05, 0.1) is 6.54 Å². The maximum Gasteiger partial charge on any atom is 0.281 e. The van der Waals surface area contributed by atoms with Crippen LogP contribution in [0.15, 0.2) is 53.3 Å². The first kappa shape index (κ1) is 21.3. The lowest BCUT2D eigenvalue weighted by Crippen LogP contribution is -2.40. The molecule has 1 aliphatic heterocycles. The van der Waals surface area contributed by atoms with E-state index >= 15 is 0 Å². The van der Waals surface area contributed by atoms with Gasteiger partial charge in [-0.05, 0) is 49.1 Å². The number of carbonyl (C=O) groups excluding carboxylic acids is 1. The van der Waals surface area contributed by atoms with Crippen molar-refractivity contribution >= 4 is 28.7 Å². The van der Waals surface area contributed by atoms with E-state index in [1.807, 2.05) is 54.3 Å². The van der Waals surface area contributed by atoms with E-state index in [0.717, 1.165) is 24.0 Å². The van der Waals surface area contributed by atoms with E-state index in [4.69, 9.17) is 16.6 Å². The van der Waals surface area contributed by atoms with Gasteiger partial charge in [-0.15, -0.1) is 5.10 Å². The van der Waals surface area contributed by atoms with Crippen LogP contribution in [0.4, 0.5) is 0 Å². The van der Waals surface area contributed by atoms with Gasteiger partial charge in [0.1, 0.15) is 5.82 Å². The minimum atomic E-state index is -0.324. The van der Waals surface area contributed by atoms with Crippen molar-refractivity contribution in [3.05, 3.63) is 86.4 Å². The number of piperidine rings is 1. The maximum absolute atomic E-state index is 13.1. The van der Waals surface area contributed by atoms with Gasteiger partial charge >= 0.3 is 0 Å². The van der Waals surface area contributed by atoms with Crippen molar-refractivity contribution in [2.45, 2.75) is 32.2 Å². The number of halogens is 1. The number of nitrogens with zero attached hydrogens (tertiary/aromatic N) is 5. The molecule has 0 saturated carbocycles. The van der Waals surface area contributed by atoms with E-state index in [0.29, 0.717) is 41.7 Å². The molecule has 0 spiro atoms. The second kappa shape index (κ2) is 8.78. The molecule has 1 fully saturated rings. The molecule has 1 aliphatic rings. The third kappa shape index (κ3) is 4.26. The smallest absolute Gasteiger partial charge is 0.281 e. The largest absolute Gasteiger partial charge is 0.338 e. The molecule has 8 nitrogen and oxygen atoms in total. The molecule has 168 valence electrons. The van der Waals surface area contributed by atoms with Crippen LogP contribution in [0.25, 0.3) is 11.2 Å². The highest BCUT2D eigenvalue weighted by Gasteiger charge is 2.28. The van der Waals surface area contributed by atoms with Gasteiger partial charge in [-0.2, -0.15) is 0 Å². The summed E-state index contributed by atoms with van der Waals surface area (Å²) in [6, 6.07) is 15.0. The predicted molar refractivity (Wildman–Crippen MR) is 126 cm³/mol. The van der Waals surface area contributed by atoms with Crippen LogP contribution in [0.5, 0.6) is 0 Å². The van der Waals surface area contributed by atoms with Crippen molar-refractivity contribution in [2.75, 3.05) is 13.1 Å². The van der Waals surface area contributed by atoms with Gasteiger partial charge < -0.3 is 9.88 Å². The monoisotopic (exact) mass is 462 g/mol. The number of benzene rings is 2. The highest BCUT2D eigenvalue weighted by atomic mass is 35.5. The Labute approximate surface area is 195 Å². The molecule has 5 rings (SSSR count). The molecule has 0 bridgehead atoms. The molecule has 2 aromatic carbocycles. The van der Waals surface area contributed by atoms with Gasteiger partial charge in [0.25, 0.3) is 11.5 Å². The van der Waals surface area contributed by atoms with Crippen molar-refractivity contribution in [1.82, 2.24) is 29.9 Å². The van der Waals surface area contributed by atoms with Gasteiger partial charge in [-0.25, -0.2) is 9.67 Å². The minimum Gasteiger partial charge on any atom is -0.338 e. The van der Waals surface area contributed by atoms with Crippen molar-refractivity contribution in [3.8, 4) is 0 Å². The number of hydrogen-bond donors (Lipinski definition) is 1. The van der Waals surface area contributed by atoms with E-state index in [-0.39, 0.29) is 22.9 Å². The number of likely N-dealkylation sites (tertiary alicyclic amines) is 1. The summed E-state index contributed by atoms with van der Waals surface area (Å²) in [5, 5.41) is 8.79. The zero-order chi connectivity index (χ0) is 22.9. The molecule has 3 heterocycles. The number of carbonyl (C=O) groups is 1. The first-order valence-corrected chi connectivity index (χ1v) is 11.3. The lowest BCUT2D eigenvalue weighted by molar-refractivity contribution is 0.0704. The van der Waals surface area contributed by atoms with E-state index in [1.165, 1.54) is 0 Å². The molecule has 1 amide bonds. The number of nitrogens with one attached hydrogen (secondary N) is 1. The molecule has 9 heteroatoms. The van der Waals surface area contributed by atoms with Gasteiger partial charge in [0, 0.05) is 29.6 Å². The minimum absolute atomic E-state index is 0.00823. The molecule has 2 aromatic heterocycles. The number of H-pyrrole nitrogens is 1. The summed E-state index contributed by atoms with van der Waals surface area (Å²) < 4.78 is 1.61. The van der Waals surface area contributed by atoms with Crippen LogP contribution in [0.2, 0.25) is 5.02 Å². The Morgan fingerprint density at radius 2 is 2.06 bits per heavy atom. The van der Waals surface area contributed by atoms with E-state index in [1.54, 1.807) is 10.7 Å². The fourth-order valence-electron chi connectivity index (χ4n) is 4.36. The lowest BCUT2D eigenvalue weighted by atomic mass is 9.96. The number of fused-ring (bicyclic) bond motifs is 1. The summed E-state index contributed by atoms with van der Waals surface area (Å²) in [5.41, 5.74) is 2.90. The first-order chi connectivity index (χ1) is 16.0. The average Bonchev–Trinajstić information content (AvgIpc) is 3.22. The van der Waals surface area contributed by atoms with Crippen molar-refractivity contribution in [1.29, 1.82) is 0 Å². The van der Waals surface area contributed by atoms with Crippen LogP contribution in [0.3, 0.4) is 0 Å². The molecule has 1 N–H and O–H groups in total. The molecule has 1 saturated heterocycles. The predicted octanol–water partition coefficient (Wildman–Crippen LogP) is 3.54.